The molecule has 1 aliphatic rings. The second-order valence-corrected chi connectivity index (χ2v) is 9.18. The predicted molar refractivity (Wildman–Crippen MR) is 108 cm³/mol. The number of fused-ring (bicyclic) bond motifs is 1. The van der Waals surface area contributed by atoms with Crippen molar-refractivity contribution in [1.82, 2.24) is 24.0 Å². The highest BCUT2D eigenvalue weighted by Crippen LogP contribution is 2.26. The topological polar surface area (TPSA) is 89.2 Å². The van der Waals surface area contributed by atoms with Gasteiger partial charge in [-0.15, -0.1) is 0 Å². The summed E-state index contributed by atoms with van der Waals surface area (Å²) >= 11 is 0. The molecule has 1 N–H and O–H groups in total. The molecule has 29 heavy (non-hydrogen) atoms. The summed E-state index contributed by atoms with van der Waals surface area (Å²) in [6, 6.07) is 11.9. The molecule has 0 saturated heterocycles. The molecular formula is C20H23N5O3S. The summed E-state index contributed by atoms with van der Waals surface area (Å²) in [5, 5.41) is 7.24. The molecule has 9 heteroatoms. The van der Waals surface area contributed by atoms with Gasteiger partial charge in [0.2, 0.25) is 10.0 Å². The van der Waals surface area contributed by atoms with E-state index in [4.69, 9.17) is 0 Å². The van der Waals surface area contributed by atoms with Gasteiger partial charge in [-0.25, -0.2) is 8.42 Å². The maximum atomic E-state index is 13.2. The molecule has 4 rings (SSSR count). The van der Waals surface area contributed by atoms with Crippen LogP contribution >= 0.6 is 0 Å². The van der Waals surface area contributed by atoms with Crippen LogP contribution < -0.4 is 5.32 Å². The molecule has 1 amide bonds. The third kappa shape index (κ3) is 3.70. The summed E-state index contributed by atoms with van der Waals surface area (Å²) in [6.45, 7) is 2.68. The van der Waals surface area contributed by atoms with Gasteiger partial charge < -0.3 is 9.88 Å². The van der Waals surface area contributed by atoms with Gasteiger partial charge in [0.15, 0.2) is 0 Å². The smallest absolute Gasteiger partial charge is 0.267 e. The van der Waals surface area contributed by atoms with E-state index in [1.165, 1.54) is 4.31 Å². The molecule has 152 valence electrons. The third-order valence-electron chi connectivity index (χ3n) is 5.18. The average Bonchev–Trinajstić information content (AvgIpc) is 3.34. The van der Waals surface area contributed by atoms with Gasteiger partial charge in [0, 0.05) is 32.5 Å². The lowest BCUT2D eigenvalue weighted by atomic mass is 10.2. The van der Waals surface area contributed by atoms with Gasteiger partial charge in [-0.2, -0.15) is 9.40 Å². The fourth-order valence-electron chi connectivity index (χ4n) is 3.54. The first-order chi connectivity index (χ1) is 13.9. The molecule has 0 saturated carbocycles. The predicted octanol–water partition coefficient (Wildman–Crippen LogP) is 1.71. The molecule has 1 atom stereocenters. The monoisotopic (exact) mass is 413 g/mol. The van der Waals surface area contributed by atoms with Crippen LogP contribution in [0, 0.1) is 6.92 Å². The summed E-state index contributed by atoms with van der Waals surface area (Å²) < 4.78 is 31.3. The molecule has 1 aromatic carbocycles. The SMILES string of the molecule is Cc1ccc(S(=O)(=O)N2Cc3ccnn3[C@@H](CNC(=O)c3cccn3C)C2)cc1. The molecule has 3 aromatic rings. The van der Waals surface area contributed by atoms with E-state index in [1.54, 1.807) is 65.1 Å². The molecule has 0 aliphatic carbocycles. The lowest BCUT2D eigenvalue weighted by Crippen LogP contribution is -2.45. The van der Waals surface area contributed by atoms with Gasteiger partial charge in [-0.05, 0) is 37.3 Å². The van der Waals surface area contributed by atoms with Crippen molar-refractivity contribution in [3.05, 3.63) is 71.8 Å². The molecule has 0 unspecified atom stereocenters. The van der Waals surface area contributed by atoms with E-state index in [0.29, 0.717) is 5.69 Å². The lowest BCUT2D eigenvalue weighted by Gasteiger charge is -2.33. The van der Waals surface area contributed by atoms with Crippen LogP contribution in [0.3, 0.4) is 0 Å². The Hall–Kier alpha value is -2.91. The molecule has 0 radical (unpaired) electrons. The van der Waals surface area contributed by atoms with Crippen LogP contribution in [0.2, 0.25) is 0 Å². The van der Waals surface area contributed by atoms with E-state index in [-0.39, 0.29) is 36.5 Å². The zero-order valence-electron chi connectivity index (χ0n) is 16.3. The number of carbonyl (C=O) groups excluding carboxylic acids is 1. The first kappa shape index (κ1) is 19.4. The minimum absolute atomic E-state index is 0.204. The number of nitrogens with zero attached hydrogens (tertiary/aromatic N) is 4. The summed E-state index contributed by atoms with van der Waals surface area (Å²) in [5.41, 5.74) is 2.35. The molecular weight excluding hydrogens is 390 g/mol. The average molecular weight is 414 g/mol. The van der Waals surface area contributed by atoms with Crippen LogP contribution in [-0.2, 0) is 23.6 Å². The maximum Gasteiger partial charge on any atom is 0.267 e. The van der Waals surface area contributed by atoms with Crippen molar-refractivity contribution in [1.29, 1.82) is 0 Å². The van der Waals surface area contributed by atoms with Gasteiger partial charge in [-0.3, -0.25) is 9.48 Å². The van der Waals surface area contributed by atoms with E-state index in [1.807, 2.05) is 13.0 Å². The fourth-order valence-corrected chi connectivity index (χ4v) is 4.99. The highest BCUT2D eigenvalue weighted by Gasteiger charge is 2.34. The second-order valence-electron chi connectivity index (χ2n) is 7.25. The van der Waals surface area contributed by atoms with Crippen LogP contribution in [0.4, 0.5) is 0 Å². The number of hydrogen-bond donors (Lipinski definition) is 1. The minimum Gasteiger partial charge on any atom is -0.349 e. The first-order valence-corrected chi connectivity index (χ1v) is 10.8. The summed E-state index contributed by atoms with van der Waals surface area (Å²) in [4.78, 5) is 12.7. The summed E-state index contributed by atoms with van der Waals surface area (Å²) in [5.74, 6) is -0.204. The van der Waals surface area contributed by atoms with Crippen molar-refractivity contribution in [2.24, 2.45) is 7.05 Å². The normalized spacial score (nSPS) is 17.1. The summed E-state index contributed by atoms with van der Waals surface area (Å²) in [7, 11) is -1.84. The van der Waals surface area contributed by atoms with Crippen LogP contribution in [0.1, 0.15) is 27.8 Å². The van der Waals surface area contributed by atoms with Gasteiger partial charge in [-0.1, -0.05) is 17.7 Å². The Balaban J connectivity index is 1.55. The number of amides is 1. The van der Waals surface area contributed by atoms with Gasteiger partial charge >= 0.3 is 0 Å². The number of benzene rings is 1. The van der Waals surface area contributed by atoms with Crippen molar-refractivity contribution in [2.45, 2.75) is 24.4 Å². The number of hydrogen-bond acceptors (Lipinski definition) is 4. The highest BCUT2D eigenvalue weighted by atomic mass is 32.2. The van der Waals surface area contributed by atoms with Crippen LogP contribution in [0.15, 0.2) is 59.8 Å². The molecule has 0 spiro atoms. The van der Waals surface area contributed by atoms with Crippen LogP contribution in [0.5, 0.6) is 0 Å². The highest BCUT2D eigenvalue weighted by molar-refractivity contribution is 7.89. The largest absolute Gasteiger partial charge is 0.349 e. The van der Waals surface area contributed by atoms with Crippen LogP contribution in [-0.4, -0.2) is 46.1 Å². The standard InChI is InChI=1S/C20H23N5O3S/c1-15-5-7-18(8-6-15)29(27,28)24-13-16-9-10-22-25(16)17(14-24)12-21-20(26)19-4-3-11-23(19)2/h3-11,17H,12-14H2,1-2H3,(H,21,26)/t17-/m0/s1. The number of sulfonamides is 1. The maximum absolute atomic E-state index is 13.2. The zero-order valence-corrected chi connectivity index (χ0v) is 17.1. The Kier molecular flexibility index (Phi) is 5.01. The van der Waals surface area contributed by atoms with E-state index in [2.05, 4.69) is 10.4 Å². The molecule has 0 fully saturated rings. The van der Waals surface area contributed by atoms with Crippen LogP contribution in [0.25, 0.3) is 0 Å². The van der Waals surface area contributed by atoms with Crippen molar-refractivity contribution in [3.63, 3.8) is 0 Å². The minimum atomic E-state index is -3.65. The quantitative estimate of drug-likeness (QED) is 0.690. The van der Waals surface area contributed by atoms with Gasteiger partial charge in [0.1, 0.15) is 5.69 Å². The Bertz CT molecular complexity index is 1130. The second kappa shape index (κ2) is 7.49. The van der Waals surface area contributed by atoms with E-state index < -0.39 is 10.0 Å². The van der Waals surface area contributed by atoms with E-state index in [0.717, 1.165) is 11.3 Å². The number of nitrogens with one attached hydrogen (secondary N) is 1. The van der Waals surface area contributed by atoms with Gasteiger partial charge in [0.25, 0.3) is 5.91 Å². The lowest BCUT2D eigenvalue weighted by molar-refractivity contribution is 0.0934. The van der Waals surface area contributed by atoms with Crippen molar-refractivity contribution < 1.29 is 13.2 Å². The molecule has 3 heterocycles. The first-order valence-electron chi connectivity index (χ1n) is 9.35. The Morgan fingerprint density at radius 1 is 1.21 bits per heavy atom. The Morgan fingerprint density at radius 3 is 2.66 bits per heavy atom. The zero-order chi connectivity index (χ0) is 20.6. The fraction of sp³-hybridized carbons (Fsp3) is 0.300. The van der Waals surface area contributed by atoms with Crippen molar-refractivity contribution in [2.75, 3.05) is 13.1 Å². The Morgan fingerprint density at radius 2 is 1.97 bits per heavy atom. The third-order valence-corrected chi connectivity index (χ3v) is 7.01. The van der Waals surface area contributed by atoms with Crippen molar-refractivity contribution in [3.8, 4) is 0 Å². The Labute approximate surface area is 169 Å². The number of aromatic nitrogens is 3. The molecule has 0 bridgehead atoms. The number of rotatable bonds is 5. The molecule has 8 nitrogen and oxygen atoms in total. The summed E-state index contributed by atoms with van der Waals surface area (Å²) in [6.07, 6.45) is 3.46. The molecule has 1 aliphatic heterocycles. The number of aryl methyl sites for hydroxylation is 2. The van der Waals surface area contributed by atoms with E-state index >= 15 is 0 Å². The van der Waals surface area contributed by atoms with Gasteiger partial charge in [0.05, 0.1) is 23.2 Å². The van der Waals surface area contributed by atoms with E-state index in [9.17, 15) is 13.2 Å². The van der Waals surface area contributed by atoms with Crippen molar-refractivity contribution >= 4 is 15.9 Å². The number of carbonyl (C=O) groups is 1. The molecule has 2 aromatic heterocycles.